The van der Waals surface area contributed by atoms with Crippen molar-refractivity contribution < 1.29 is 48.3 Å². The van der Waals surface area contributed by atoms with Crippen LogP contribution >= 0.6 is 0 Å². The maximum absolute atomic E-state index is 15.2. The van der Waals surface area contributed by atoms with E-state index in [1.807, 2.05) is 43.4 Å². The van der Waals surface area contributed by atoms with Crippen molar-refractivity contribution in [2.24, 2.45) is 16.7 Å². The van der Waals surface area contributed by atoms with E-state index in [4.69, 9.17) is 18.6 Å². The molecule has 0 amide bonds. The lowest BCUT2D eigenvalue weighted by atomic mass is 9.44. The van der Waals surface area contributed by atoms with Gasteiger partial charge in [0, 0.05) is 25.2 Å². The van der Waals surface area contributed by atoms with Crippen LogP contribution in [-0.4, -0.2) is 89.7 Å². The fourth-order valence-electron chi connectivity index (χ4n) is 9.08. The number of ether oxygens (including phenoxy) is 3. The lowest BCUT2D eigenvalue weighted by molar-refractivity contribution is -0.344. The second kappa shape index (κ2) is 11.7. The van der Waals surface area contributed by atoms with E-state index in [2.05, 4.69) is 0 Å². The summed E-state index contributed by atoms with van der Waals surface area (Å²) < 4.78 is 25.7. The number of hydrogen-bond acceptors (Lipinski definition) is 10. The molecule has 1 unspecified atom stereocenters. The van der Waals surface area contributed by atoms with Gasteiger partial charge in [0.2, 0.25) is 8.32 Å². The van der Waals surface area contributed by atoms with Crippen LogP contribution in [0.5, 0.6) is 0 Å². The van der Waals surface area contributed by atoms with Crippen LogP contribution in [0.3, 0.4) is 0 Å². The molecular weight excluding hydrogens is 632 g/mol. The minimum absolute atomic E-state index is 0.132. The number of esters is 2. The molecule has 48 heavy (non-hydrogen) atoms. The number of carbonyl (C=O) groups excluding carboxylic acids is 3. The summed E-state index contributed by atoms with van der Waals surface area (Å²) in [5, 5.41) is 37.6. The fourth-order valence-corrected chi connectivity index (χ4v) is 11.3. The van der Waals surface area contributed by atoms with E-state index in [1.54, 1.807) is 58.0 Å². The van der Waals surface area contributed by atoms with Gasteiger partial charge in [-0.25, -0.2) is 4.79 Å². The van der Waals surface area contributed by atoms with Gasteiger partial charge >= 0.3 is 11.9 Å². The predicted octanol–water partition coefficient (Wildman–Crippen LogP) is 3.22. The Morgan fingerprint density at radius 2 is 1.58 bits per heavy atom. The summed E-state index contributed by atoms with van der Waals surface area (Å²) in [6, 6.07) is 18.0. The van der Waals surface area contributed by atoms with Gasteiger partial charge < -0.3 is 34.0 Å². The van der Waals surface area contributed by atoms with Crippen molar-refractivity contribution in [3.63, 3.8) is 0 Å². The largest absolute Gasteiger partial charge is 0.455 e. The van der Waals surface area contributed by atoms with E-state index in [0.29, 0.717) is 5.57 Å². The standard InChI is InChI=1S/C37H46O10Si/c1-21-25(39)19-37(43)32(45-33(42)23-14-10-8-11-15-23)30-35(5,31(41)29(40)28(21)34(37,3)4)26(18-27-36(30,20-44-27)46-22(2)38)47-48(6,7)24-16-12-9-13-17-24/h8-17,25-27,29-30,32,39-40,43H,18-20H2,1-7H3/t25-,26-,27+,29+,30?,32-,35+,36-,37+/m0/s1. The zero-order valence-corrected chi connectivity index (χ0v) is 29.6. The number of benzene rings is 2. The van der Waals surface area contributed by atoms with E-state index in [-0.39, 0.29) is 30.6 Å². The summed E-state index contributed by atoms with van der Waals surface area (Å²) >= 11 is 0. The summed E-state index contributed by atoms with van der Waals surface area (Å²) in [6.45, 7) is 11.8. The Labute approximate surface area is 282 Å². The maximum Gasteiger partial charge on any atom is 0.338 e. The number of hydrogen-bond donors (Lipinski definition) is 3. The quantitative estimate of drug-likeness (QED) is 0.236. The number of aliphatic hydroxyl groups is 3. The highest BCUT2D eigenvalue weighted by Gasteiger charge is 2.78. The Bertz CT molecular complexity index is 1640. The number of ketones is 1. The Hall–Kier alpha value is -3.19. The minimum atomic E-state index is -2.78. The molecule has 0 radical (unpaired) electrons. The highest BCUT2D eigenvalue weighted by atomic mass is 28.4. The highest BCUT2D eigenvalue weighted by molar-refractivity contribution is 6.84. The molecule has 3 fully saturated rings. The number of Topliss-reactive ketones (excluding diaryl/α,β-unsaturated/α-hetero) is 1. The first-order chi connectivity index (χ1) is 22.4. The van der Waals surface area contributed by atoms with Crippen LogP contribution in [0.4, 0.5) is 0 Å². The molecule has 1 aliphatic heterocycles. The summed E-state index contributed by atoms with van der Waals surface area (Å²) in [5.41, 5.74) is -5.91. The van der Waals surface area contributed by atoms with Gasteiger partial charge in [0.15, 0.2) is 11.4 Å². The molecule has 1 saturated heterocycles. The van der Waals surface area contributed by atoms with E-state index in [0.717, 1.165) is 5.19 Å². The number of rotatable bonds is 6. The fraction of sp³-hybridized carbons (Fsp3) is 0.541. The van der Waals surface area contributed by atoms with Gasteiger partial charge in [0.05, 0.1) is 35.7 Å². The van der Waals surface area contributed by atoms with Gasteiger partial charge in [-0.3, -0.25) is 9.59 Å². The first-order valence-electron chi connectivity index (χ1n) is 16.6. The molecule has 2 aromatic rings. The van der Waals surface area contributed by atoms with Crippen LogP contribution in [0.1, 0.15) is 57.8 Å². The van der Waals surface area contributed by atoms with Crippen LogP contribution in [0.15, 0.2) is 71.8 Å². The molecule has 0 spiro atoms. The molecule has 2 aromatic carbocycles. The van der Waals surface area contributed by atoms with Crippen LogP contribution < -0.4 is 5.19 Å². The van der Waals surface area contributed by atoms with Gasteiger partial charge in [0.25, 0.3) is 0 Å². The average molecular weight is 679 g/mol. The Balaban J connectivity index is 1.63. The van der Waals surface area contributed by atoms with E-state index in [9.17, 15) is 24.9 Å². The molecule has 10 nitrogen and oxygen atoms in total. The zero-order valence-electron chi connectivity index (χ0n) is 28.6. The van der Waals surface area contributed by atoms with Crippen molar-refractivity contribution in [3.8, 4) is 0 Å². The molecule has 3 N–H and O–H groups in total. The van der Waals surface area contributed by atoms with Crippen molar-refractivity contribution in [2.45, 2.75) is 102 Å². The summed E-state index contributed by atoms with van der Waals surface area (Å²) in [6.07, 6.45) is -6.35. The molecule has 2 saturated carbocycles. The molecule has 9 atom stereocenters. The number of fused-ring (bicyclic) bond motifs is 5. The van der Waals surface area contributed by atoms with Crippen LogP contribution in [-0.2, 0) is 28.2 Å². The molecule has 4 aliphatic rings. The van der Waals surface area contributed by atoms with Crippen molar-refractivity contribution in [1.29, 1.82) is 0 Å². The summed E-state index contributed by atoms with van der Waals surface area (Å²) in [5.74, 6) is -3.29. The third-order valence-corrected chi connectivity index (χ3v) is 14.4. The zero-order chi connectivity index (χ0) is 35.0. The average Bonchev–Trinajstić information content (AvgIpc) is 3.03. The Morgan fingerprint density at radius 1 is 0.979 bits per heavy atom. The predicted molar refractivity (Wildman–Crippen MR) is 178 cm³/mol. The minimum Gasteiger partial charge on any atom is -0.455 e. The number of carbonyl (C=O) groups is 3. The van der Waals surface area contributed by atoms with E-state index < -0.39 is 84.5 Å². The van der Waals surface area contributed by atoms with Gasteiger partial charge in [-0.2, -0.15) is 0 Å². The lowest BCUT2D eigenvalue weighted by Crippen LogP contribution is -2.82. The Morgan fingerprint density at radius 3 is 2.15 bits per heavy atom. The Kier molecular flexibility index (Phi) is 8.45. The first kappa shape index (κ1) is 34.7. The molecule has 6 rings (SSSR count). The van der Waals surface area contributed by atoms with Gasteiger partial charge in [-0.05, 0) is 55.4 Å². The summed E-state index contributed by atoms with van der Waals surface area (Å²) in [4.78, 5) is 42.1. The molecule has 2 bridgehead atoms. The van der Waals surface area contributed by atoms with Gasteiger partial charge in [-0.1, -0.05) is 62.4 Å². The first-order valence-corrected chi connectivity index (χ1v) is 19.5. The van der Waals surface area contributed by atoms with Crippen LogP contribution in [0.25, 0.3) is 0 Å². The lowest BCUT2D eigenvalue weighted by Gasteiger charge is -2.68. The van der Waals surface area contributed by atoms with Crippen LogP contribution in [0.2, 0.25) is 13.1 Å². The smallest absolute Gasteiger partial charge is 0.338 e. The second-order valence-electron chi connectivity index (χ2n) is 15.2. The van der Waals surface area contributed by atoms with Gasteiger partial charge in [0.1, 0.15) is 23.9 Å². The van der Waals surface area contributed by atoms with E-state index >= 15 is 4.79 Å². The number of aliphatic hydroxyl groups excluding tert-OH is 2. The van der Waals surface area contributed by atoms with Crippen molar-refractivity contribution in [1.82, 2.24) is 0 Å². The van der Waals surface area contributed by atoms with Crippen molar-refractivity contribution in [2.75, 3.05) is 6.61 Å². The second-order valence-corrected chi connectivity index (χ2v) is 19.0. The molecule has 258 valence electrons. The topological polar surface area (TPSA) is 149 Å². The molecule has 0 aromatic heterocycles. The molecule has 1 heterocycles. The highest BCUT2D eigenvalue weighted by Crippen LogP contribution is 2.64. The monoisotopic (exact) mass is 678 g/mol. The third-order valence-electron chi connectivity index (χ3n) is 11.8. The van der Waals surface area contributed by atoms with Crippen molar-refractivity contribution in [3.05, 3.63) is 77.4 Å². The van der Waals surface area contributed by atoms with Gasteiger partial charge in [-0.15, -0.1) is 0 Å². The third kappa shape index (κ3) is 4.96. The van der Waals surface area contributed by atoms with E-state index in [1.165, 1.54) is 6.92 Å². The molecule has 3 aliphatic carbocycles. The summed E-state index contributed by atoms with van der Waals surface area (Å²) in [7, 11) is -2.78. The SMILES string of the molecule is CC(=O)O[C@@]12CO[C@@H]1C[C@H](O[Si](C)(C)c1ccccc1)[C@@]1(C)C(=O)[C@H](O)C3=C(C)[C@@H](O)C[C@@](O)([C@@H](OC(=O)c4ccccc4)C12)C3(C)C. The van der Waals surface area contributed by atoms with Crippen molar-refractivity contribution >= 4 is 31.2 Å². The normalized spacial score (nSPS) is 37.2. The molecule has 11 heteroatoms. The molecular formula is C37H46O10Si. The maximum atomic E-state index is 15.2. The van der Waals surface area contributed by atoms with Crippen LogP contribution in [0, 0.1) is 16.7 Å².